The van der Waals surface area contributed by atoms with E-state index in [-0.39, 0.29) is 0 Å². The summed E-state index contributed by atoms with van der Waals surface area (Å²) >= 11 is 7.02. The van der Waals surface area contributed by atoms with Crippen LogP contribution in [-0.2, 0) is 9.47 Å². The van der Waals surface area contributed by atoms with Crippen molar-refractivity contribution in [1.82, 2.24) is 9.88 Å². The zero-order valence-corrected chi connectivity index (χ0v) is 19.9. The molecule has 8 heteroatoms. The van der Waals surface area contributed by atoms with E-state index in [1.807, 2.05) is 18.2 Å². The van der Waals surface area contributed by atoms with Crippen LogP contribution in [0.15, 0.2) is 39.4 Å². The first kappa shape index (κ1) is 20.7. The van der Waals surface area contributed by atoms with Crippen LogP contribution in [-0.4, -0.2) is 62.5 Å². The van der Waals surface area contributed by atoms with E-state index in [0.29, 0.717) is 18.4 Å². The molecule has 0 radical (unpaired) electrons. The maximum Gasteiger partial charge on any atom is 0.176 e. The second-order valence-electron chi connectivity index (χ2n) is 8.22. The van der Waals surface area contributed by atoms with Crippen LogP contribution in [0, 0.1) is 11.8 Å². The van der Waals surface area contributed by atoms with Crippen molar-refractivity contribution in [2.24, 2.45) is 11.8 Å². The van der Waals surface area contributed by atoms with Gasteiger partial charge in [0.2, 0.25) is 0 Å². The third-order valence-electron chi connectivity index (χ3n) is 5.91. The van der Waals surface area contributed by atoms with Crippen LogP contribution >= 0.6 is 31.9 Å². The number of hydrogen-bond acceptors (Lipinski definition) is 6. The fraction of sp³-hybridized carbons (Fsp3) is 0.500. The highest BCUT2D eigenvalue weighted by molar-refractivity contribution is 9.10. The van der Waals surface area contributed by atoms with E-state index in [1.54, 1.807) is 6.20 Å². The van der Waals surface area contributed by atoms with Gasteiger partial charge in [0.15, 0.2) is 17.3 Å². The molecule has 160 valence electrons. The van der Waals surface area contributed by atoms with Crippen molar-refractivity contribution in [3.8, 4) is 11.5 Å². The Morgan fingerprint density at radius 2 is 1.77 bits per heavy atom. The van der Waals surface area contributed by atoms with E-state index < -0.39 is 0 Å². The summed E-state index contributed by atoms with van der Waals surface area (Å²) in [6, 6.07) is 8.03. The van der Waals surface area contributed by atoms with E-state index in [1.165, 1.54) is 6.42 Å². The monoisotopic (exact) mass is 537 g/mol. The first-order valence-electron chi connectivity index (χ1n) is 10.4. The van der Waals surface area contributed by atoms with E-state index in [4.69, 9.17) is 14.2 Å². The third-order valence-corrected chi connectivity index (χ3v) is 6.83. The second kappa shape index (κ2) is 9.12. The average Bonchev–Trinajstić information content (AvgIpc) is 2.72. The SMILES string of the molecule is Brc1ccc2c(c1)Oc1cc(Br)cnc1N2CCOCCN1CC2COCC(C2)C1. The Balaban J connectivity index is 1.19. The number of fused-ring (bicyclic) bond motifs is 4. The normalized spacial score (nSPS) is 22.9. The standard InChI is InChI=1S/C22H25Br2N3O3/c23-17-1-2-19-20(8-17)30-21-9-18(24)10-25-22(21)27(19)4-6-28-5-3-26-11-15-7-16(12-26)14-29-13-15/h1-2,8-10,15-16H,3-7,11-14H2. The van der Waals surface area contributed by atoms with Gasteiger partial charge in [-0.1, -0.05) is 15.9 Å². The second-order valence-corrected chi connectivity index (χ2v) is 10.0. The van der Waals surface area contributed by atoms with Crippen molar-refractivity contribution < 1.29 is 14.2 Å². The van der Waals surface area contributed by atoms with Crippen LogP contribution in [0.1, 0.15) is 6.42 Å². The smallest absolute Gasteiger partial charge is 0.176 e. The van der Waals surface area contributed by atoms with Gasteiger partial charge in [-0.15, -0.1) is 0 Å². The molecule has 3 aliphatic rings. The Hall–Kier alpha value is -1.19. The fourth-order valence-corrected chi connectivity index (χ4v) is 5.30. The Kier molecular flexibility index (Phi) is 6.29. The highest BCUT2D eigenvalue weighted by Crippen LogP contribution is 2.46. The summed E-state index contributed by atoms with van der Waals surface area (Å²) in [6.07, 6.45) is 3.13. The Bertz CT molecular complexity index is 850. The number of aromatic nitrogens is 1. The third kappa shape index (κ3) is 4.53. The van der Waals surface area contributed by atoms with Crippen molar-refractivity contribution in [2.45, 2.75) is 6.42 Å². The Labute approximate surface area is 193 Å². The number of halogens is 2. The molecule has 6 nitrogen and oxygen atoms in total. The zero-order chi connectivity index (χ0) is 20.5. The number of benzene rings is 1. The summed E-state index contributed by atoms with van der Waals surface area (Å²) in [5, 5.41) is 0. The van der Waals surface area contributed by atoms with E-state index in [2.05, 4.69) is 52.7 Å². The molecule has 0 spiro atoms. The molecule has 2 saturated heterocycles. The van der Waals surface area contributed by atoms with Gasteiger partial charge in [-0.3, -0.25) is 0 Å². The largest absolute Gasteiger partial charge is 0.451 e. The van der Waals surface area contributed by atoms with Gasteiger partial charge in [-0.05, 0) is 52.4 Å². The number of nitrogens with zero attached hydrogens (tertiary/aromatic N) is 3. The lowest BCUT2D eigenvalue weighted by Gasteiger charge is -2.41. The summed E-state index contributed by atoms with van der Waals surface area (Å²) in [6.45, 7) is 7.20. The topological polar surface area (TPSA) is 47.1 Å². The molecule has 2 fully saturated rings. The van der Waals surface area contributed by atoms with Gasteiger partial charge in [-0.25, -0.2) is 4.98 Å². The number of pyridine rings is 1. The summed E-state index contributed by atoms with van der Waals surface area (Å²) < 4.78 is 19.7. The Morgan fingerprint density at radius 3 is 2.60 bits per heavy atom. The summed E-state index contributed by atoms with van der Waals surface area (Å²) in [7, 11) is 0. The van der Waals surface area contributed by atoms with Crippen molar-refractivity contribution in [2.75, 3.05) is 57.5 Å². The van der Waals surface area contributed by atoms with Gasteiger partial charge < -0.3 is 24.0 Å². The fourth-order valence-electron chi connectivity index (χ4n) is 4.65. The number of ether oxygens (including phenoxy) is 3. The molecule has 30 heavy (non-hydrogen) atoms. The molecule has 0 amide bonds. The van der Waals surface area contributed by atoms with Crippen LogP contribution in [0.4, 0.5) is 11.5 Å². The van der Waals surface area contributed by atoms with Crippen LogP contribution in [0.25, 0.3) is 0 Å². The first-order chi connectivity index (χ1) is 14.7. The predicted octanol–water partition coefficient (Wildman–Crippen LogP) is 4.84. The Morgan fingerprint density at radius 1 is 1.00 bits per heavy atom. The zero-order valence-electron chi connectivity index (χ0n) is 16.7. The highest BCUT2D eigenvalue weighted by atomic mass is 79.9. The molecule has 2 bridgehead atoms. The van der Waals surface area contributed by atoms with Gasteiger partial charge in [0.05, 0.1) is 32.1 Å². The minimum Gasteiger partial charge on any atom is -0.451 e. The molecule has 0 saturated carbocycles. The molecule has 2 unspecified atom stereocenters. The summed E-state index contributed by atoms with van der Waals surface area (Å²) in [4.78, 5) is 9.31. The molecular weight excluding hydrogens is 514 g/mol. The van der Waals surface area contributed by atoms with Crippen LogP contribution in [0.5, 0.6) is 11.5 Å². The molecule has 2 aromatic rings. The predicted molar refractivity (Wildman–Crippen MR) is 123 cm³/mol. The van der Waals surface area contributed by atoms with Crippen molar-refractivity contribution in [3.05, 3.63) is 39.4 Å². The van der Waals surface area contributed by atoms with Crippen LogP contribution < -0.4 is 9.64 Å². The quantitative estimate of drug-likeness (QED) is 0.491. The number of rotatable bonds is 6. The lowest BCUT2D eigenvalue weighted by atomic mass is 9.88. The molecule has 1 aromatic heterocycles. The van der Waals surface area contributed by atoms with Gasteiger partial charge >= 0.3 is 0 Å². The molecule has 1 aromatic carbocycles. The molecule has 2 atom stereocenters. The minimum atomic E-state index is 0.635. The summed E-state index contributed by atoms with van der Waals surface area (Å²) in [5.74, 6) is 3.78. The number of piperidine rings is 1. The molecule has 5 rings (SSSR count). The van der Waals surface area contributed by atoms with Crippen molar-refractivity contribution in [3.63, 3.8) is 0 Å². The number of anilines is 2. The highest BCUT2D eigenvalue weighted by Gasteiger charge is 2.31. The van der Waals surface area contributed by atoms with Crippen LogP contribution in [0.2, 0.25) is 0 Å². The van der Waals surface area contributed by atoms with Gasteiger partial charge in [-0.2, -0.15) is 0 Å². The molecular formula is C22H25Br2N3O3. The lowest BCUT2D eigenvalue weighted by molar-refractivity contribution is -0.0455. The maximum atomic E-state index is 6.09. The van der Waals surface area contributed by atoms with Crippen molar-refractivity contribution >= 4 is 43.4 Å². The van der Waals surface area contributed by atoms with Crippen molar-refractivity contribution in [1.29, 1.82) is 0 Å². The van der Waals surface area contributed by atoms with Gasteiger partial charge in [0, 0.05) is 47.4 Å². The van der Waals surface area contributed by atoms with Crippen LogP contribution in [0.3, 0.4) is 0 Å². The van der Waals surface area contributed by atoms with Gasteiger partial charge in [0.1, 0.15) is 0 Å². The lowest BCUT2D eigenvalue weighted by Crippen LogP contribution is -2.47. The van der Waals surface area contributed by atoms with E-state index in [9.17, 15) is 0 Å². The molecule has 3 aliphatic heterocycles. The van der Waals surface area contributed by atoms with E-state index in [0.717, 1.165) is 77.9 Å². The number of hydrogen-bond donors (Lipinski definition) is 0. The minimum absolute atomic E-state index is 0.635. The van der Waals surface area contributed by atoms with Gasteiger partial charge in [0.25, 0.3) is 0 Å². The molecule has 0 aliphatic carbocycles. The molecule has 4 heterocycles. The maximum absolute atomic E-state index is 6.09. The summed E-state index contributed by atoms with van der Waals surface area (Å²) in [5.41, 5.74) is 1.01. The van der Waals surface area contributed by atoms with E-state index >= 15 is 0 Å². The number of likely N-dealkylation sites (tertiary alicyclic amines) is 1. The average molecular weight is 539 g/mol. The molecule has 0 N–H and O–H groups in total. The first-order valence-corrected chi connectivity index (χ1v) is 12.0.